The predicted octanol–water partition coefficient (Wildman–Crippen LogP) is 2.51. The Labute approximate surface area is 203 Å². The van der Waals surface area contributed by atoms with Gasteiger partial charge in [-0.25, -0.2) is 0 Å². The Hall–Kier alpha value is -3.33. The van der Waals surface area contributed by atoms with Gasteiger partial charge in [-0.3, -0.25) is 24.5 Å². The minimum Gasteiger partial charge on any atom is -0.346 e. The van der Waals surface area contributed by atoms with Crippen molar-refractivity contribution in [1.29, 1.82) is 0 Å². The maximum absolute atomic E-state index is 14.8. The van der Waals surface area contributed by atoms with E-state index in [9.17, 15) is 28.0 Å². The van der Waals surface area contributed by atoms with Gasteiger partial charge in [-0.05, 0) is 35.7 Å². The van der Waals surface area contributed by atoms with Gasteiger partial charge < -0.3 is 10.2 Å². The van der Waals surface area contributed by atoms with Crippen LogP contribution < -0.4 is 10.6 Å². The third-order valence-corrected chi connectivity index (χ3v) is 4.48. The van der Waals surface area contributed by atoms with Crippen LogP contribution in [-0.2, 0) is 33.3 Å². The van der Waals surface area contributed by atoms with Gasteiger partial charge in [0.15, 0.2) is 1.41 Å². The summed E-state index contributed by atoms with van der Waals surface area (Å²) in [7, 11) is 0. The number of piperidine rings is 1. The van der Waals surface area contributed by atoms with Crippen molar-refractivity contribution >= 4 is 35.2 Å². The molecule has 2 unspecified atom stereocenters. The molecule has 1 fully saturated rings. The van der Waals surface area contributed by atoms with Crippen LogP contribution in [0.3, 0.4) is 0 Å². The summed E-state index contributed by atoms with van der Waals surface area (Å²) in [5, 5.41) is 0.846. The van der Waals surface area contributed by atoms with Crippen LogP contribution in [0.25, 0.3) is 0 Å². The fourth-order valence-corrected chi connectivity index (χ4v) is 2.80. The third-order valence-electron chi connectivity index (χ3n) is 4.23. The predicted molar refractivity (Wildman–Crippen MR) is 110 cm³/mol. The van der Waals surface area contributed by atoms with Crippen LogP contribution in [0.1, 0.15) is 54.9 Å². The lowest BCUT2D eigenvalue weighted by atomic mass is 10.0. The summed E-state index contributed by atoms with van der Waals surface area (Å²) in [6.45, 7) is -6.15. The first-order chi connectivity index (χ1) is 19.9. The molecule has 0 saturated carbocycles. The summed E-state index contributed by atoms with van der Waals surface area (Å²) in [6.07, 6.45) is -7.91. The Morgan fingerprint density at radius 1 is 1.38 bits per heavy atom. The molecule has 2 atom stereocenters. The van der Waals surface area contributed by atoms with Crippen molar-refractivity contribution in [2.24, 2.45) is 0 Å². The topological polar surface area (TPSA) is 95.6 Å². The first-order valence-electron chi connectivity index (χ1n) is 14.7. The molecule has 0 radical (unpaired) electrons. The fourth-order valence-electron chi connectivity index (χ4n) is 2.68. The van der Waals surface area contributed by atoms with E-state index in [-0.39, 0.29) is 5.02 Å². The molecule has 2 aliphatic rings. The molecular weight excluding hydrogens is 444 g/mol. The second-order valence-corrected chi connectivity index (χ2v) is 6.75. The van der Waals surface area contributed by atoms with E-state index in [0.717, 1.165) is 24.3 Å². The number of imide groups is 1. The lowest BCUT2D eigenvalue weighted by Crippen LogP contribution is -2.52. The molecule has 0 aromatic heterocycles. The molecule has 2 aliphatic heterocycles. The maximum atomic E-state index is 14.8. The molecule has 2 aromatic rings. The summed E-state index contributed by atoms with van der Waals surface area (Å²) in [4.78, 5) is 50.6. The van der Waals surface area contributed by atoms with Crippen LogP contribution in [0, 0.1) is 0 Å². The minimum absolute atomic E-state index is 0.0654. The zero-order chi connectivity index (χ0) is 33.7. The smallest absolute Gasteiger partial charge is 0.346 e. The molecule has 0 spiro atoms. The molecule has 7 nitrogen and oxygen atoms in total. The summed E-state index contributed by atoms with van der Waals surface area (Å²) in [5.41, 5.74) is -4.36. The molecule has 4 amide bonds. The second kappa shape index (κ2) is 8.31. The monoisotopic (exact) mass is 473 g/mol. The highest BCUT2D eigenvalue weighted by Crippen LogP contribution is 2.30. The van der Waals surface area contributed by atoms with E-state index in [0.29, 0.717) is 0 Å². The average Bonchev–Trinajstić information content (AvgIpc) is 3.14. The van der Waals surface area contributed by atoms with Gasteiger partial charge >= 0.3 is 5.92 Å². The van der Waals surface area contributed by atoms with E-state index in [1.807, 2.05) is 0 Å². The molecule has 4 rings (SSSR count). The SMILES string of the molecule is [2H]c1c([2H])c(C([2H])NC(=O)C(F)(F)c2ccc(Cl)cc2)c([2H])c2c1C(=O)N(C1([2H])C(=O)N([2H])C(=O)C([2H])([2H])C1([2H])[2H])C2([2H])[2H]. The molecule has 2 heterocycles. The van der Waals surface area contributed by atoms with E-state index < -0.39 is 112 Å². The lowest BCUT2D eigenvalue weighted by Gasteiger charge is -2.29. The van der Waals surface area contributed by atoms with Crippen LogP contribution in [0.5, 0.6) is 0 Å². The first kappa shape index (κ1) is 11.5. The van der Waals surface area contributed by atoms with Crippen LogP contribution in [-0.4, -0.2) is 34.5 Å². The quantitative estimate of drug-likeness (QED) is 0.652. The highest BCUT2D eigenvalue weighted by atomic mass is 35.5. The van der Waals surface area contributed by atoms with Gasteiger partial charge in [0.1, 0.15) is 6.02 Å². The van der Waals surface area contributed by atoms with Crippen molar-refractivity contribution in [1.82, 2.24) is 15.5 Å². The molecule has 2 aromatic carbocycles. The number of amides is 4. The highest BCUT2D eigenvalue weighted by Gasteiger charge is 2.41. The Kier molecular flexibility index (Phi) is 2.99. The molecule has 1 saturated heterocycles. The Morgan fingerprint density at radius 2 is 2.09 bits per heavy atom. The normalized spacial score (nSPS) is 32.2. The Morgan fingerprint density at radius 3 is 2.81 bits per heavy atom. The third kappa shape index (κ3) is 4.08. The number of carbonyl (C=O) groups is 4. The average molecular weight is 474 g/mol. The van der Waals surface area contributed by atoms with Crippen LogP contribution in [0.15, 0.2) is 42.4 Å². The number of hydrogen-bond donors (Lipinski definition) is 2. The number of benzene rings is 2. The number of carbonyl (C=O) groups excluding carboxylic acids is 4. The number of rotatable bonds is 5. The molecule has 0 bridgehead atoms. The number of nitrogens with zero attached hydrogens (tertiary/aromatic N) is 1. The first-order valence-corrected chi connectivity index (χ1v) is 9.03. The second-order valence-electron chi connectivity index (χ2n) is 6.31. The van der Waals surface area contributed by atoms with Gasteiger partial charge in [-0.2, -0.15) is 8.78 Å². The number of halogens is 3. The molecule has 10 heteroatoms. The molecule has 166 valence electrons. The Bertz CT molecular complexity index is 1650. The van der Waals surface area contributed by atoms with Crippen LogP contribution in [0.2, 0.25) is 6.43 Å². The van der Waals surface area contributed by atoms with E-state index >= 15 is 0 Å². The van der Waals surface area contributed by atoms with Crippen molar-refractivity contribution in [3.05, 3.63) is 69.7 Å². The van der Waals surface area contributed by atoms with Crippen molar-refractivity contribution < 1.29 is 44.4 Å². The van der Waals surface area contributed by atoms with E-state index in [1.54, 1.807) is 5.32 Å². The standard InChI is InChI=1S/C22H18ClF2N3O4/c23-15-4-2-14(3-5-15)22(24,25)21(32)26-10-12-1-6-16-13(9-12)11-28(20(16)31)17-7-8-18(29)27-19(17)30/h1-6,9,17H,7-8,10-11H2,(H,26,32)(H,27,29,30)/i1D,6D,7D2,8D2,9D,10D,11D2,17D/hD. The zero-order valence-corrected chi connectivity index (χ0v) is 16.3. The fraction of sp³-hybridized carbons (Fsp3) is 0.273. The van der Waals surface area contributed by atoms with Crippen molar-refractivity contribution in [2.75, 3.05) is 0 Å². The summed E-state index contributed by atoms with van der Waals surface area (Å²) < 4.78 is 128. The van der Waals surface area contributed by atoms with Gasteiger partial charge in [-0.15, -0.1) is 0 Å². The summed E-state index contributed by atoms with van der Waals surface area (Å²) in [5.74, 6) is -12.6. The molecule has 32 heavy (non-hydrogen) atoms. The van der Waals surface area contributed by atoms with Gasteiger partial charge in [-0.1, -0.05) is 35.8 Å². The molecule has 0 aliphatic carbocycles. The lowest BCUT2D eigenvalue weighted by molar-refractivity contribution is -0.147. The highest BCUT2D eigenvalue weighted by molar-refractivity contribution is 6.30. The van der Waals surface area contributed by atoms with Crippen molar-refractivity contribution in [3.8, 4) is 0 Å². The van der Waals surface area contributed by atoms with Gasteiger partial charge in [0, 0.05) is 41.0 Å². The van der Waals surface area contributed by atoms with Crippen molar-refractivity contribution in [2.45, 2.75) is 37.7 Å². The largest absolute Gasteiger partial charge is 0.349 e. The number of alkyl halides is 2. The number of fused-ring (bicyclic) bond motifs is 1. The molecule has 2 N–H and O–H groups in total. The van der Waals surface area contributed by atoms with E-state index in [1.165, 1.54) is 0 Å². The van der Waals surface area contributed by atoms with Crippen LogP contribution >= 0.6 is 11.6 Å². The van der Waals surface area contributed by atoms with Crippen molar-refractivity contribution in [3.63, 3.8) is 0 Å². The maximum Gasteiger partial charge on any atom is 0.349 e. The summed E-state index contributed by atoms with van der Waals surface area (Å²) in [6, 6.07) is -4.10. The number of nitrogens with one attached hydrogen (secondary N) is 2. The Balaban J connectivity index is 1.84. The van der Waals surface area contributed by atoms with Gasteiger partial charge in [0.2, 0.25) is 11.8 Å². The summed E-state index contributed by atoms with van der Waals surface area (Å²) >= 11 is 5.67. The minimum atomic E-state index is -4.29. The zero-order valence-electron chi connectivity index (χ0n) is 27.5. The van der Waals surface area contributed by atoms with E-state index in [2.05, 4.69) is 0 Å². The van der Waals surface area contributed by atoms with Crippen LogP contribution in [0.4, 0.5) is 8.78 Å². The van der Waals surface area contributed by atoms with Gasteiger partial charge in [0.05, 0.1) is 9.60 Å². The molecular formula is C22H18ClF2N3O4. The van der Waals surface area contributed by atoms with E-state index in [4.69, 9.17) is 28.1 Å². The number of hydrogen-bond acceptors (Lipinski definition) is 4. The van der Waals surface area contributed by atoms with Gasteiger partial charge in [0.25, 0.3) is 11.8 Å².